The topological polar surface area (TPSA) is 64.4 Å². The fraction of sp³-hybridized carbons (Fsp3) is 0.571. The molecule has 0 saturated carbocycles. The van der Waals surface area contributed by atoms with Crippen molar-refractivity contribution < 1.29 is 9.66 Å². The lowest BCUT2D eigenvalue weighted by Crippen LogP contribution is -2.04. The number of nitro benzene ring substituents is 1. The van der Waals surface area contributed by atoms with E-state index in [1.165, 1.54) is 32.4 Å². The van der Waals surface area contributed by atoms with E-state index < -0.39 is 0 Å². The Morgan fingerprint density at radius 1 is 1.26 bits per heavy atom. The number of rotatable bonds is 9. The third-order valence-corrected chi connectivity index (χ3v) is 3.00. The van der Waals surface area contributed by atoms with Crippen LogP contribution in [0.2, 0.25) is 0 Å². The highest BCUT2D eigenvalue weighted by Crippen LogP contribution is 2.28. The van der Waals surface area contributed by atoms with Gasteiger partial charge in [-0.3, -0.25) is 10.1 Å². The number of nitrogens with one attached hydrogen (secondary N) is 1. The molecule has 1 rings (SSSR count). The first-order valence-electron chi connectivity index (χ1n) is 6.75. The van der Waals surface area contributed by atoms with E-state index in [-0.39, 0.29) is 10.6 Å². The van der Waals surface area contributed by atoms with Crippen LogP contribution in [-0.2, 0) is 0 Å². The summed E-state index contributed by atoms with van der Waals surface area (Å²) in [6.45, 7) is 2.94. The number of nitro groups is 1. The SMILES string of the molecule is CCCCCCCNc1ccc(OC)cc1[N+](=O)[O-]. The van der Waals surface area contributed by atoms with Gasteiger partial charge in [0.15, 0.2) is 0 Å². The fourth-order valence-corrected chi connectivity index (χ4v) is 1.89. The van der Waals surface area contributed by atoms with Gasteiger partial charge in [-0.25, -0.2) is 0 Å². The van der Waals surface area contributed by atoms with E-state index in [0.29, 0.717) is 11.4 Å². The molecule has 0 atom stereocenters. The Balaban J connectivity index is 2.50. The van der Waals surface area contributed by atoms with Gasteiger partial charge in [-0.2, -0.15) is 0 Å². The molecule has 0 aliphatic rings. The van der Waals surface area contributed by atoms with E-state index in [4.69, 9.17) is 4.74 Å². The van der Waals surface area contributed by atoms with Gasteiger partial charge >= 0.3 is 0 Å². The quantitative estimate of drug-likeness (QED) is 0.417. The minimum atomic E-state index is -0.387. The summed E-state index contributed by atoms with van der Waals surface area (Å²) < 4.78 is 5.00. The number of nitrogens with zero attached hydrogens (tertiary/aromatic N) is 1. The molecule has 1 aromatic rings. The van der Waals surface area contributed by atoms with Crippen molar-refractivity contribution >= 4 is 11.4 Å². The van der Waals surface area contributed by atoms with Gasteiger partial charge in [0.25, 0.3) is 5.69 Å². The van der Waals surface area contributed by atoms with Crippen LogP contribution in [0.15, 0.2) is 18.2 Å². The molecule has 0 aliphatic carbocycles. The first kappa shape index (κ1) is 15.3. The predicted octanol–water partition coefficient (Wildman–Crippen LogP) is 3.99. The lowest BCUT2D eigenvalue weighted by Gasteiger charge is -2.08. The van der Waals surface area contributed by atoms with Gasteiger partial charge in [0.05, 0.1) is 18.1 Å². The minimum absolute atomic E-state index is 0.0629. The molecular formula is C14H22N2O3. The van der Waals surface area contributed by atoms with Gasteiger partial charge in [0.2, 0.25) is 0 Å². The van der Waals surface area contributed by atoms with Crippen LogP contribution in [0.3, 0.4) is 0 Å². The van der Waals surface area contributed by atoms with E-state index in [1.54, 1.807) is 12.1 Å². The normalized spacial score (nSPS) is 10.2. The summed E-state index contributed by atoms with van der Waals surface area (Å²) in [5, 5.41) is 14.1. The molecule has 5 heteroatoms. The van der Waals surface area contributed by atoms with Crippen LogP contribution < -0.4 is 10.1 Å². The molecule has 0 bridgehead atoms. The lowest BCUT2D eigenvalue weighted by atomic mass is 10.1. The summed E-state index contributed by atoms with van der Waals surface area (Å²) >= 11 is 0. The van der Waals surface area contributed by atoms with E-state index in [2.05, 4.69) is 12.2 Å². The number of unbranched alkanes of at least 4 members (excludes halogenated alkanes) is 4. The predicted molar refractivity (Wildman–Crippen MR) is 76.9 cm³/mol. The van der Waals surface area contributed by atoms with Gasteiger partial charge in [-0.15, -0.1) is 0 Å². The third kappa shape index (κ3) is 5.16. The molecule has 0 aromatic heterocycles. The number of hydrogen-bond donors (Lipinski definition) is 1. The highest BCUT2D eigenvalue weighted by atomic mass is 16.6. The third-order valence-electron chi connectivity index (χ3n) is 3.00. The summed E-state index contributed by atoms with van der Waals surface area (Å²) in [4.78, 5) is 10.6. The van der Waals surface area contributed by atoms with Crippen LogP contribution in [0, 0.1) is 10.1 Å². The Hall–Kier alpha value is -1.78. The smallest absolute Gasteiger partial charge is 0.296 e. The lowest BCUT2D eigenvalue weighted by molar-refractivity contribution is -0.384. The average molecular weight is 266 g/mol. The Kier molecular flexibility index (Phi) is 6.71. The maximum atomic E-state index is 11.0. The second-order valence-corrected chi connectivity index (χ2v) is 4.48. The second kappa shape index (κ2) is 8.34. The Morgan fingerprint density at radius 2 is 2.00 bits per heavy atom. The van der Waals surface area contributed by atoms with Gasteiger partial charge < -0.3 is 10.1 Å². The first-order valence-corrected chi connectivity index (χ1v) is 6.75. The summed E-state index contributed by atoms with van der Waals surface area (Å²) in [7, 11) is 1.50. The van der Waals surface area contributed by atoms with Crippen LogP contribution >= 0.6 is 0 Å². The summed E-state index contributed by atoms with van der Waals surface area (Å²) in [6, 6.07) is 4.87. The van der Waals surface area contributed by atoms with Crippen LogP contribution in [-0.4, -0.2) is 18.6 Å². The summed E-state index contributed by atoms with van der Waals surface area (Å²) in [6.07, 6.45) is 5.89. The van der Waals surface area contributed by atoms with Gasteiger partial charge in [-0.1, -0.05) is 32.6 Å². The van der Waals surface area contributed by atoms with Gasteiger partial charge in [0, 0.05) is 6.54 Å². The largest absolute Gasteiger partial charge is 0.496 e. The molecule has 0 fully saturated rings. The van der Waals surface area contributed by atoms with Crippen molar-refractivity contribution in [3.05, 3.63) is 28.3 Å². The molecule has 0 heterocycles. The van der Waals surface area contributed by atoms with Crippen molar-refractivity contribution in [2.45, 2.75) is 39.0 Å². The molecule has 0 amide bonds. The maximum Gasteiger partial charge on any atom is 0.296 e. The van der Waals surface area contributed by atoms with E-state index in [1.807, 2.05) is 0 Å². The summed E-state index contributed by atoms with van der Waals surface area (Å²) in [5.41, 5.74) is 0.620. The van der Waals surface area contributed by atoms with E-state index in [9.17, 15) is 10.1 Å². The van der Waals surface area contributed by atoms with Crippen molar-refractivity contribution in [3.8, 4) is 5.75 Å². The zero-order chi connectivity index (χ0) is 14.1. The molecule has 1 N–H and O–H groups in total. The Labute approximate surface area is 114 Å². The van der Waals surface area contributed by atoms with E-state index in [0.717, 1.165) is 19.4 Å². The number of ether oxygens (including phenoxy) is 1. The first-order chi connectivity index (χ1) is 9.19. The van der Waals surface area contributed by atoms with Crippen LogP contribution in [0.4, 0.5) is 11.4 Å². The molecule has 106 valence electrons. The van der Waals surface area contributed by atoms with Crippen LogP contribution in [0.25, 0.3) is 0 Å². The molecule has 19 heavy (non-hydrogen) atoms. The molecule has 0 spiro atoms. The maximum absolute atomic E-state index is 11.0. The van der Waals surface area contributed by atoms with E-state index >= 15 is 0 Å². The zero-order valence-electron chi connectivity index (χ0n) is 11.6. The summed E-state index contributed by atoms with van der Waals surface area (Å²) in [5.74, 6) is 0.500. The molecule has 1 aromatic carbocycles. The van der Waals surface area contributed by atoms with Crippen molar-refractivity contribution in [2.75, 3.05) is 19.0 Å². The number of benzene rings is 1. The molecular weight excluding hydrogens is 244 g/mol. The molecule has 0 radical (unpaired) electrons. The average Bonchev–Trinajstić information content (AvgIpc) is 2.42. The molecule has 0 unspecified atom stereocenters. The fourth-order valence-electron chi connectivity index (χ4n) is 1.89. The van der Waals surface area contributed by atoms with Crippen molar-refractivity contribution in [1.29, 1.82) is 0 Å². The minimum Gasteiger partial charge on any atom is -0.496 e. The van der Waals surface area contributed by atoms with Gasteiger partial charge in [-0.05, 0) is 18.6 Å². The van der Waals surface area contributed by atoms with Gasteiger partial charge in [0.1, 0.15) is 11.4 Å². The molecule has 5 nitrogen and oxygen atoms in total. The number of methoxy groups -OCH3 is 1. The standard InChI is InChI=1S/C14H22N2O3/c1-3-4-5-6-7-10-15-13-9-8-12(19-2)11-14(13)16(17)18/h8-9,11,15H,3-7,10H2,1-2H3. The monoisotopic (exact) mass is 266 g/mol. The second-order valence-electron chi connectivity index (χ2n) is 4.48. The van der Waals surface area contributed by atoms with Crippen LogP contribution in [0.1, 0.15) is 39.0 Å². The molecule has 0 saturated heterocycles. The number of anilines is 1. The highest BCUT2D eigenvalue weighted by molar-refractivity contribution is 5.63. The highest BCUT2D eigenvalue weighted by Gasteiger charge is 2.14. The molecule has 0 aliphatic heterocycles. The van der Waals surface area contributed by atoms with Crippen molar-refractivity contribution in [3.63, 3.8) is 0 Å². The number of hydrogen-bond acceptors (Lipinski definition) is 4. The Morgan fingerprint density at radius 3 is 2.63 bits per heavy atom. The zero-order valence-corrected chi connectivity index (χ0v) is 11.6. The Bertz CT molecular complexity index is 408. The van der Waals surface area contributed by atoms with Crippen molar-refractivity contribution in [2.24, 2.45) is 0 Å². The van der Waals surface area contributed by atoms with Crippen molar-refractivity contribution in [1.82, 2.24) is 0 Å². The van der Waals surface area contributed by atoms with Crippen LogP contribution in [0.5, 0.6) is 5.75 Å².